The van der Waals surface area contributed by atoms with Gasteiger partial charge >= 0.3 is 0 Å². The Morgan fingerprint density at radius 2 is 2.20 bits per heavy atom. The van der Waals surface area contributed by atoms with Crippen LogP contribution in [-0.2, 0) is 21.3 Å². The van der Waals surface area contributed by atoms with Crippen molar-refractivity contribution in [3.8, 4) is 0 Å². The third-order valence-corrected chi connectivity index (χ3v) is 5.43. The molecule has 0 amide bonds. The molecule has 1 saturated heterocycles. The Labute approximate surface area is 118 Å². The second-order valence-corrected chi connectivity index (χ2v) is 6.85. The molecule has 1 aliphatic heterocycles. The predicted molar refractivity (Wildman–Crippen MR) is 73.2 cm³/mol. The summed E-state index contributed by atoms with van der Waals surface area (Å²) in [7, 11) is -3.65. The third kappa shape index (κ3) is 2.71. The van der Waals surface area contributed by atoms with Crippen molar-refractivity contribution in [2.24, 2.45) is 5.73 Å². The molecule has 1 aliphatic rings. The van der Waals surface area contributed by atoms with Gasteiger partial charge in [-0.05, 0) is 31.5 Å². The molecule has 0 aliphatic carbocycles. The number of benzene rings is 1. The Morgan fingerprint density at radius 1 is 1.50 bits per heavy atom. The van der Waals surface area contributed by atoms with Crippen LogP contribution >= 0.6 is 0 Å². The van der Waals surface area contributed by atoms with Crippen LogP contribution in [0.3, 0.4) is 0 Å². The zero-order valence-electron chi connectivity index (χ0n) is 11.6. The van der Waals surface area contributed by atoms with Gasteiger partial charge in [-0.1, -0.05) is 0 Å². The van der Waals surface area contributed by atoms with Crippen LogP contribution in [0.25, 0.3) is 0 Å². The van der Waals surface area contributed by atoms with Crippen LogP contribution in [0.15, 0.2) is 17.0 Å². The molecule has 0 radical (unpaired) electrons. The molecule has 1 aromatic rings. The molecular weight excluding hydrogens is 283 g/mol. The Hall–Kier alpha value is -1.02. The maximum absolute atomic E-state index is 13.8. The number of rotatable bonds is 3. The first-order chi connectivity index (χ1) is 9.37. The van der Waals surface area contributed by atoms with Gasteiger partial charge in [-0.3, -0.25) is 0 Å². The number of aryl methyl sites for hydroxylation is 1. The van der Waals surface area contributed by atoms with E-state index in [1.807, 2.05) is 0 Å². The molecule has 1 atom stereocenters. The highest BCUT2D eigenvalue weighted by molar-refractivity contribution is 7.89. The summed E-state index contributed by atoms with van der Waals surface area (Å²) >= 11 is 0. The molecule has 2 rings (SSSR count). The molecule has 1 heterocycles. The number of morpholine rings is 1. The molecule has 1 aromatic carbocycles. The minimum absolute atomic E-state index is 0.0330. The van der Waals surface area contributed by atoms with Crippen LogP contribution in [-0.4, -0.2) is 38.5 Å². The molecule has 0 aromatic heterocycles. The highest BCUT2D eigenvalue weighted by Crippen LogP contribution is 2.24. The molecule has 0 spiro atoms. The highest BCUT2D eigenvalue weighted by Gasteiger charge is 2.32. The number of nitrogens with two attached hydrogens (primary N) is 1. The van der Waals surface area contributed by atoms with Crippen LogP contribution in [0, 0.1) is 12.7 Å². The Bertz CT molecular complexity index is 604. The van der Waals surface area contributed by atoms with Crippen molar-refractivity contribution in [2.75, 3.05) is 19.8 Å². The summed E-state index contributed by atoms with van der Waals surface area (Å²) in [4.78, 5) is 0.0885. The van der Waals surface area contributed by atoms with Crippen LogP contribution < -0.4 is 5.73 Å². The Morgan fingerprint density at radius 3 is 2.80 bits per heavy atom. The summed E-state index contributed by atoms with van der Waals surface area (Å²) in [6, 6.07) is 2.44. The van der Waals surface area contributed by atoms with Crippen LogP contribution in [0.4, 0.5) is 4.39 Å². The summed E-state index contributed by atoms with van der Waals surface area (Å²) < 4.78 is 45.7. The second kappa shape index (κ2) is 5.77. The predicted octanol–water partition coefficient (Wildman–Crippen LogP) is 1.00. The lowest BCUT2D eigenvalue weighted by Crippen LogP contribution is -2.47. The summed E-state index contributed by atoms with van der Waals surface area (Å²) in [5.41, 5.74) is 5.97. The Balaban J connectivity index is 2.46. The molecule has 0 saturated carbocycles. The summed E-state index contributed by atoms with van der Waals surface area (Å²) in [6.45, 7) is 4.33. The van der Waals surface area contributed by atoms with E-state index in [0.29, 0.717) is 19.8 Å². The molecule has 1 fully saturated rings. The first-order valence-electron chi connectivity index (χ1n) is 6.46. The van der Waals surface area contributed by atoms with E-state index in [9.17, 15) is 12.8 Å². The van der Waals surface area contributed by atoms with E-state index in [2.05, 4.69) is 0 Å². The summed E-state index contributed by atoms with van der Waals surface area (Å²) in [5.74, 6) is -0.443. The van der Waals surface area contributed by atoms with Gasteiger partial charge in [0.1, 0.15) is 5.82 Å². The largest absolute Gasteiger partial charge is 0.378 e. The topological polar surface area (TPSA) is 72.6 Å². The number of hydrogen-bond donors (Lipinski definition) is 1. The van der Waals surface area contributed by atoms with E-state index in [1.54, 1.807) is 6.92 Å². The van der Waals surface area contributed by atoms with Crippen molar-refractivity contribution in [1.82, 2.24) is 4.31 Å². The monoisotopic (exact) mass is 302 g/mol. The van der Waals surface area contributed by atoms with Gasteiger partial charge in [-0.25, -0.2) is 12.8 Å². The molecular formula is C13H19FN2O3S. The van der Waals surface area contributed by atoms with Crippen molar-refractivity contribution in [3.63, 3.8) is 0 Å². The molecule has 5 nitrogen and oxygen atoms in total. The van der Waals surface area contributed by atoms with Crippen molar-refractivity contribution < 1.29 is 17.5 Å². The minimum Gasteiger partial charge on any atom is -0.378 e. The van der Waals surface area contributed by atoms with Crippen LogP contribution in [0.2, 0.25) is 0 Å². The van der Waals surface area contributed by atoms with Gasteiger partial charge in [-0.15, -0.1) is 0 Å². The molecule has 0 bridgehead atoms. The van der Waals surface area contributed by atoms with E-state index in [1.165, 1.54) is 23.4 Å². The number of nitrogens with zero attached hydrogens (tertiary/aromatic N) is 1. The number of halogens is 1. The first kappa shape index (κ1) is 15.4. The lowest BCUT2D eigenvalue weighted by Gasteiger charge is -2.32. The SMILES string of the molecule is Cc1cc(S(=O)(=O)N2CCOCC2C)cc(CN)c1F. The van der Waals surface area contributed by atoms with Crippen molar-refractivity contribution in [1.29, 1.82) is 0 Å². The maximum atomic E-state index is 13.8. The van der Waals surface area contributed by atoms with Gasteiger partial charge in [0.15, 0.2) is 0 Å². The molecule has 20 heavy (non-hydrogen) atoms. The Kier molecular flexibility index (Phi) is 4.43. The van der Waals surface area contributed by atoms with Gasteiger partial charge in [-0.2, -0.15) is 4.31 Å². The zero-order chi connectivity index (χ0) is 14.9. The van der Waals surface area contributed by atoms with Gasteiger partial charge in [0, 0.05) is 24.7 Å². The number of ether oxygens (including phenoxy) is 1. The van der Waals surface area contributed by atoms with Crippen molar-refractivity contribution in [3.05, 3.63) is 29.1 Å². The fourth-order valence-electron chi connectivity index (χ4n) is 2.31. The van der Waals surface area contributed by atoms with Crippen molar-refractivity contribution >= 4 is 10.0 Å². The fraction of sp³-hybridized carbons (Fsp3) is 0.538. The van der Waals surface area contributed by atoms with Crippen LogP contribution in [0.5, 0.6) is 0 Å². The van der Waals surface area contributed by atoms with Gasteiger partial charge in [0.2, 0.25) is 10.0 Å². The first-order valence-corrected chi connectivity index (χ1v) is 7.90. The van der Waals surface area contributed by atoms with E-state index >= 15 is 0 Å². The average Bonchev–Trinajstić information content (AvgIpc) is 2.41. The second-order valence-electron chi connectivity index (χ2n) is 4.96. The molecule has 2 N–H and O–H groups in total. The normalized spacial score (nSPS) is 21.1. The lowest BCUT2D eigenvalue weighted by atomic mass is 10.1. The smallest absolute Gasteiger partial charge is 0.243 e. The zero-order valence-corrected chi connectivity index (χ0v) is 12.4. The van der Waals surface area contributed by atoms with E-state index in [4.69, 9.17) is 10.5 Å². The summed E-state index contributed by atoms with van der Waals surface area (Å²) in [6.07, 6.45) is 0. The van der Waals surface area contributed by atoms with E-state index in [0.717, 1.165) is 0 Å². The number of hydrogen-bond acceptors (Lipinski definition) is 4. The van der Waals surface area contributed by atoms with E-state index < -0.39 is 15.8 Å². The molecule has 7 heteroatoms. The standard InChI is InChI=1S/C13H19FN2O3S/c1-9-5-12(6-11(7-15)13(9)14)20(17,18)16-3-4-19-8-10(16)2/h5-6,10H,3-4,7-8,15H2,1-2H3. The van der Waals surface area contributed by atoms with Crippen LogP contribution in [0.1, 0.15) is 18.1 Å². The number of sulfonamides is 1. The highest BCUT2D eigenvalue weighted by atomic mass is 32.2. The van der Waals surface area contributed by atoms with Gasteiger partial charge in [0.25, 0.3) is 0 Å². The average molecular weight is 302 g/mol. The van der Waals surface area contributed by atoms with Crippen molar-refractivity contribution in [2.45, 2.75) is 31.3 Å². The van der Waals surface area contributed by atoms with E-state index in [-0.39, 0.29) is 28.6 Å². The quantitative estimate of drug-likeness (QED) is 0.904. The fourth-order valence-corrected chi connectivity index (χ4v) is 4.05. The summed E-state index contributed by atoms with van der Waals surface area (Å²) in [5, 5.41) is 0. The van der Waals surface area contributed by atoms with Gasteiger partial charge < -0.3 is 10.5 Å². The molecule has 112 valence electrons. The van der Waals surface area contributed by atoms with Gasteiger partial charge in [0.05, 0.1) is 18.1 Å². The molecule has 1 unspecified atom stereocenters. The maximum Gasteiger partial charge on any atom is 0.243 e. The lowest BCUT2D eigenvalue weighted by molar-refractivity contribution is 0.0392. The third-order valence-electron chi connectivity index (χ3n) is 3.44. The minimum atomic E-state index is -3.65.